The normalized spacial score (nSPS) is 14.5. The summed E-state index contributed by atoms with van der Waals surface area (Å²) in [6.45, 7) is 11.3. The van der Waals surface area contributed by atoms with Gasteiger partial charge in [-0.3, -0.25) is 9.59 Å². The van der Waals surface area contributed by atoms with Crippen molar-refractivity contribution in [1.29, 1.82) is 0 Å². The summed E-state index contributed by atoms with van der Waals surface area (Å²) in [6.07, 6.45) is 1.14. The molecule has 22 heavy (non-hydrogen) atoms. The number of ether oxygens (including phenoxy) is 2. The predicted molar refractivity (Wildman–Crippen MR) is 87.5 cm³/mol. The highest BCUT2D eigenvalue weighted by atomic mass is 16.5. The van der Waals surface area contributed by atoms with Gasteiger partial charge in [0.2, 0.25) is 0 Å². The smallest absolute Gasteiger partial charge is 0.308 e. The van der Waals surface area contributed by atoms with E-state index in [4.69, 9.17) is 9.47 Å². The topological polar surface area (TPSA) is 55.8 Å². The van der Waals surface area contributed by atoms with Gasteiger partial charge in [-0.05, 0) is 32.4 Å². The Kier molecular flexibility index (Phi) is 9.33. The number of hydrogen-bond donors (Lipinski definition) is 0. The van der Waals surface area contributed by atoms with Gasteiger partial charge in [0.05, 0.1) is 18.4 Å². The molecule has 0 radical (unpaired) electrons. The van der Waals surface area contributed by atoms with Gasteiger partial charge in [-0.25, -0.2) is 0 Å². The molecule has 2 unspecified atom stereocenters. The van der Waals surface area contributed by atoms with Crippen LogP contribution in [0, 0.1) is 17.3 Å². The molecule has 130 valence electrons. The molecular weight excluding hydrogens is 282 g/mol. The lowest BCUT2D eigenvalue weighted by Gasteiger charge is -2.22. The summed E-state index contributed by atoms with van der Waals surface area (Å²) in [5.74, 6) is -1.01. The number of esters is 2. The molecule has 5 heteroatoms. The van der Waals surface area contributed by atoms with Crippen molar-refractivity contribution in [3.8, 4) is 0 Å². The molecule has 0 aliphatic rings. The second kappa shape index (κ2) is 9.82. The maximum absolute atomic E-state index is 12.1. The van der Waals surface area contributed by atoms with E-state index < -0.39 is 0 Å². The van der Waals surface area contributed by atoms with Gasteiger partial charge in [-0.2, -0.15) is 0 Å². The summed E-state index contributed by atoms with van der Waals surface area (Å²) >= 11 is 0. The van der Waals surface area contributed by atoms with Crippen LogP contribution in [0.25, 0.3) is 0 Å². The molecule has 0 aliphatic heterocycles. The van der Waals surface area contributed by atoms with E-state index in [-0.39, 0.29) is 29.2 Å². The van der Waals surface area contributed by atoms with Crippen molar-refractivity contribution in [3.05, 3.63) is 0 Å². The molecule has 0 N–H and O–H groups in total. The van der Waals surface area contributed by atoms with Crippen molar-refractivity contribution in [1.82, 2.24) is 4.90 Å². The first-order valence-corrected chi connectivity index (χ1v) is 8.04. The van der Waals surface area contributed by atoms with Gasteiger partial charge in [0.25, 0.3) is 0 Å². The van der Waals surface area contributed by atoms with Gasteiger partial charge >= 0.3 is 11.9 Å². The zero-order chi connectivity index (χ0) is 17.3. The lowest BCUT2D eigenvalue weighted by molar-refractivity contribution is -0.154. The number of nitrogens with zero attached hydrogens (tertiary/aromatic N) is 1. The van der Waals surface area contributed by atoms with Crippen LogP contribution in [0.1, 0.15) is 47.5 Å². The Labute approximate surface area is 135 Å². The van der Waals surface area contributed by atoms with Crippen LogP contribution in [0.15, 0.2) is 0 Å². The molecule has 0 aromatic carbocycles. The van der Waals surface area contributed by atoms with Crippen molar-refractivity contribution in [3.63, 3.8) is 0 Å². The van der Waals surface area contributed by atoms with Crippen LogP contribution in [0.3, 0.4) is 0 Å². The minimum atomic E-state index is -0.297. The number of likely N-dealkylation sites (N-methyl/N-ethyl adjacent to an activating group) is 1. The molecule has 0 bridgehead atoms. The monoisotopic (exact) mass is 315 g/mol. The second-order valence-corrected chi connectivity index (χ2v) is 7.38. The molecule has 0 aromatic heterocycles. The fraction of sp³-hybridized carbons (Fsp3) is 0.882. The predicted octanol–water partition coefficient (Wildman–Crippen LogP) is 2.73. The molecular formula is C17H33NO4. The molecule has 0 aromatic rings. The molecule has 2 atom stereocenters. The van der Waals surface area contributed by atoms with Gasteiger partial charge in [0, 0.05) is 6.54 Å². The zero-order valence-electron chi connectivity index (χ0n) is 15.3. The van der Waals surface area contributed by atoms with Crippen molar-refractivity contribution < 1.29 is 19.1 Å². The van der Waals surface area contributed by atoms with E-state index in [9.17, 15) is 9.59 Å². The average Bonchev–Trinajstić information content (AvgIpc) is 2.40. The zero-order valence-corrected chi connectivity index (χ0v) is 15.3. The van der Waals surface area contributed by atoms with Crippen LogP contribution in [0.5, 0.6) is 0 Å². The van der Waals surface area contributed by atoms with Gasteiger partial charge in [0.15, 0.2) is 0 Å². The second-order valence-electron chi connectivity index (χ2n) is 7.38. The molecule has 0 spiro atoms. The van der Waals surface area contributed by atoms with Gasteiger partial charge in [0.1, 0.15) is 6.61 Å². The molecule has 0 rings (SSSR count). The van der Waals surface area contributed by atoms with Crippen LogP contribution >= 0.6 is 0 Å². The summed E-state index contributed by atoms with van der Waals surface area (Å²) in [5, 5.41) is 0. The third kappa shape index (κ3) is 9.77. The molecule has 0 amide bonds. The minimum absolute atomic E-state index is 0.0509. The van der Waals surface area contributed by atoms with Crippen LogP contribution in [0.2, 0.25) is 0 Å². The molecule has 0 heterocycles. The van der Waals surface area contributed by atoms with Crippen LogP contribution in [-0.2, 0) is 19.1 Å². The van der Waals surface area contributed by atoms with Crippen molar-refractivity contribution >= 4 is 11.9 Å². The minimum Gasteiger partial charge on any atom is -0.465 e. The Morgan fingerprint density at radius 1 is 1.09 bits per heavy atom. The van der Waals surface area contributed by atoms with Crippen LogP contribution in [0.4, 0.5) is 0 Å². The highest BCUT2D eigenvalue weighted by Gasteiger charge is 2.26. The van der Waals surface area contributed by atoms with E-state index in [1.54, 1.807) is 6.92 Å². The van der Waals surface area contributed by atoms with Gasteiger partial charge in [-0.15, -0.1) is 0 Å². The summed E-state index contributed by atoms with van der Waals surface area (Å²) in [4.78, 5) is 26.0. The maximum Gasteiger partial charge on any atom is 0.308 e. The molecule has 0 aliphatic carbocycles. The first kappa shape index (κ1) is 20.9. The molecule has 5 nitrogen and oxygen atoms in total. The third-order valence-corrected chi connectivity index (χ3v) is 3.30. The maximum atomic E-state index is 12.1. The number of carbonyl (C=O) groups is 2. The Bertz CT molecular complexity index is 347. The first-order valence-electron chi connectivity index (χ1n) is 8.04. The first-order chi connectivity index (χ1) is 10.1. The SMILES string of the molecule is CCC(CC(C)C(=O)OCCN(C)C)C(=O)OCC(C)(C)C. The van der Waals surface area contributed by atoms with Crippen LogP contribution < -0.4 is 0 Å². The summed E-state index contributed by atoms with van der Waals surface area (Å²) in [5.41, 5.74) is -0.0509. The van der Waals surface area contributed by atoms with E-state index in [0.717, 1.165) is 0 Å². The lowest BCUT2D eigenvalue weighted by Crippen LogP contribution is -2.28. The Balaban J connectivity index is 4.29. The van der Waals surface area contributed by atoms with Gasteiger partial charge in [-0.1, -0.05) is 34.6 Å². The number of carbonyl (C=O) groups excluding carboxylic acids is 2. The van der Waals surface area contributed by atoms with E-state index in [1.807, 2.05) is 46.7 Å². The quantitative estimate of drug-likeness (QED) is 0.612. The largest absolute Gasteiger partial charge is 0.465 e. The summed E-state index contributed by atoms with van der Waals surface area (Å²) < 4.78 is 10.6. The summed E-state index contributed by atoms with van der Waals surface area (Å²) in [6, 6.07) is 0. The highest BCUT2D eigenvalue weighted by Crippen LogP contribution is 2.20. The third-order valence-electron chi connectivity index (χ3n) is 3.30. The van der Waals surface area contributed by atoms with E-state index in [0.29, 0.717) is 32.6 Å². The van der Waals surface area contributed by atoms with Crippen molar-refractivity contribution in [2.75, 3.05) is 33.9 Å². The van der Waals surface area contributed by atoms with Gasteiger partial charge < -0.3 is 14.4 Å². The van der Waals surface area contributed by atoms with E-state index in [2.05, 4.69) is 0 Å². The summed E-state index contributed by atoms with van der Waals surface area (Å²) in [7, 11) is 3.85. The molecule has 0 saturated heterocycles. The van der Waals surface area contributed by atoms with Crippen LogP contribution in [-0.4, -0.2) is 50.7 Å². The van der Waals surface area contributed by atoms with E-state index >= 15 is 0 Å². The number of hydrogen-bond acceptors (Lipinski definition) is 5. The Morgan fingerprint density at radius 3 is 2.14 bits per heavy atom. The average molecular weight is 315 g/mol. The Hall–Kier alpha value is -1.10. The fourth-order valence-electron chi connectivity index (χ4n) is 1.83. The number of rotatable bonds is 9. The standard InChI is InChI=1S/C17H33NO4/c1-8-14(16(20)22-12-17(3,4)5)11-13(2)15(19)21-10-9-18(6)7/h13-14H,8-12H2,1-7H3. The van der Waals surface area contributed by atoms with Crippen molar-refractivity contribution in [2.45, 2.75) is 47.5 Å². The Morgan fingerprint density at radius 2 is 1.68 bits per heavy atom. The molecule has 0 saturated carbocycles. The fourth-order valence-corrected chi connectivity index (χ4v) is 1.83. The van der Waals surface area contributed by atoms with E-state index in [1.165, 1.54) is 0 Å². The highest BCUT2D eigenvalue weighted by molar-refractivity contribution is 5.75. The van der Waals surface area contributed by atoms with Crippen molar-refractivity contribution in [2.24, 2.45) is 17.3 Å². The molecule has 0 fully saturated rings. The lowest BCUT2D eigenvalue weighted by atomic mass is 9.93.